The first-order valence-electron chi connectivity index (χ1n) is 10.4. The quantitative estimate of drug-likeness (QED) is 0.515. The lowest BCUT2D eigenvalue weighted by Gasteiger charge is -2.43. The predicted octanol–water partition coefficient (Wildman–Crippen LogP) is 3.74. The molecule has 2 aliphatic heterocycles. The lowest BCUT2D eigenvalue weighted by molar-refractivity contribution is 0.0285. The number of imidazole rings is 1. The number of H-pyrrole nitrogens is 1. The average molecular weight is 438 g/mol. The number of alkyl halides is 2. The number of aromatic nitrogens is 5. The number of carbonyl (C=O) groups is 1. The van der Waals surface area contributed by atoms with Crippen molar-refractivity contribution in [3.63, 3.8) is 0 Å². The van der Waals surface area contributed by atoms with Crippen molar-refractivity contribution in [1.82, 2.24) is 29.5 Å². The van der Waals surface area contributed by atoms with E-state index in [1.807, 2.05) is 31.2 Å². The number of carbonyl (C=O) groups excluding carboxylic acids is 1. The molecule has 0 radical (unpaired) electrons. The molecule has 4 aromatic heterocycles. The number of halogens is 2. The van der Waals surface area contributed by atoms with E-state index >= 15 is 4.39 Å². The molecule has 0 saturated carbocycles. The second-order valence-electron chi connectivity index (χ2n) is 8.83. The van der Waals surface area contributed by atoms with E-state index < -0.39 is 29.8 Å². The minimum atomic E-state index is -1.94. The molecule has 2 aliphatic rings. The molecular formula is C22H20F2N6O2. The van der Waals surface area contributed by atoms with E-state index in [1.54, 1.807) is 4.52 Å². The number of hydrogen-bond donors (Lipinski definition) is 1. The van der Waals surface area contributed by atoms with Crippen molar-refractivity contribution in [3.05, 3.63) is 70.7 Å². The number of aryl methyl sites for hydroxylation is 1. The lowest BCUT2D eigenvalue weighted by Crippen LogP contribution is -2.52. The Morgan fingerprint density at radius 1 is 1.28 bits per heavy atom. The fourth-order valence-electron chi connectivity index (χ4n) is 4.69. The van der Waals surface area contributed by atoms with Gasteiger partial charge in [0.05, 0.1) is 29.3 Å². The minimum absolute atomic E-state index is 0.149. The summed E-state index contributed by atoms with van der Waals surface area (Å²) in [6, 6.07) is 6.06. The molecule has 0 spiro atoms. The van der Waals surface area contributed by atoms with Crippen LogP contribution in [0.5, 0.6) is 0 Å². The lowest BCUT2D eigenvalue weighted by atomic mass is 9.87. The standard InChI is InChI=1S/C22H20F2N6O2/c1-10-5-4-6-11-7-13(28-30(10)11)18-16-12(25-9-26-16)8-14-15(23)17-19(20(31)29(14)18)32-21(27-17)22(2,3)24/h4-7,9,14-15,18H,8H2,1-3H3,(H,25,26)/t14?,15?,18-/m1/s1. The van der Waals surface area contributed by atoms with Crippen molar-refractivity contribution in [2.45, 2.75) is 51.1 Å². The summed E-state index contributed by atoms with van der Waals surface area (Å²) >= 11 is 0. The maximum absolute atomic E-state index is 15.7. The van der Waals surface area contributed by atoms with Gasteiger partial charge in [-0.25, -0.2) is 23.3 Å². The zero-order chi connectivity index (χ0) is 22.4. The first-order chi connectivity index (χ1) is 15.2. The summed E-state index contributed by atoms with van der Waals surface area (Å²) in [7, 11) is 0. The Kier molecular flexibility index (Phi) is 3.73. The van der Waals surface area contributed by atoms with Crippen LogP contribution in [0.15, 0.2) is 35.0 Å². The van der Waals surface area contributed by atoms with Gasteiger partial charge < -0.3 is 14.3 Å². The number of oxazole rings is 1. The number of fused-ring (bicyclic) bond motifs is 4. The maximum Gasteiger partial charge on any atom is 0.292 e. The van der Waals surface area contributed by atoms with E-state index in [-0.39, 0.29) is 23.8 Å². The molecule has 1 amide bonds. The fraction of sp³-hybridized carbons (Fsp3) is 0.364. The van der Waals surface area contributed by atoms with Gasteiger partial charge in [0.2, 0.25) is 11.7 Å². The topological polar surface area (TPSA) is 92.3 Å². The minimum Gasteiger partial charge on any atom is -0.432 e. The van der Waals surface area contributed by atoms with Crippen LogP contribution in [0, 0.1) is 6.92 Å². The van der Waals surface area contributed by atoms with Crippen molar-refractivity contribution in [3.8, 4) is 0 Å². The van der Waals surface area contributed by atoms with E-state index in [1.165, 1.54) is 25.1 Å². The van der Waals surface area contributed by atoms with Gasteiger partial charge in [0.25, 0.3) is 5.91 Å². The molecule has 8 nitrogen and oxygen atoms in total. The largest absolute Gasteiger partial charge is 0.432 e. The van der Waals surface area contributed by atoms with Crippen LogP contribution in [0.3, 0.4) is 0 Å². The molecule has 0 bridgehead atoms. The Morgan fingerprint density at radius 3 is 2.84 bits per heavy atom. The highest BCUT2D eigenvalue weighted by Crippen LogP contribution is 2.46. The SMILES string of the molecule is Cc1cccc2cc([C@@H]3c4nc[nH]c4CC4C(F)c5nc(C(C)(C)F)oc5C(=O)N43)nn12. The number of aromatic amines is 1. The first-order valence-corrected chi connectivity index (χ1v) is 10.4. The summed E-state index contributed by atoms with van der Waals surface area (Å²) in [5, 5.41) is 4.71. The molecule has 0 fully saturated rings. The molecule has 0 aliphatic carbocycles. The molecule has 4 aromatic rings. The third-order valence-electron chi connectivity index (χ3n) is 6.22. The Hall–Kier alpha value is -3.56. The molecule has 10 heteroatoms. The van der Waals surface area contributed by atoms with Gasteiger partial charge in [-0.3, -0.25) is 4.79 Å². The second-order valence-corrected chi connectivity index (χ2v) is 8.83. The van der Waals surface area contributed by atoms with Gasteiger partial charge >= 0.3 is 0 Å². The van der Waals surface area contributed by atoms with E-state index in [0.717, 1.165) is 16.9 Å². The van der Waals surface area contributed by atoms with Crippen LogP contribution < -0.4 is 0 Å². The summed E-state index contributed by atoms with van der Waals surface area (Å²) in [5.74, 6) is -1.12. The molecule has 2 unspecified atom stereocenters. The van der Waals surface area contributed by atoms with Crippen LogP contribution in [0.4, 0.5) is 8.78 Å². The third kappa shape index (κ3) is 2.52. The summed E-state index contributed by atoms with van der Waals surface area (Å²) in [5.41, 5.74) is 1.58. The van der Waals surface area contributed by atoms with Gasteiger partial charge in [0.1, 0.15) is 11.7 Å². The second kappa shape index (κ2) is 6.24. The van der Waals surface area contributed by atoms with Crippen LogP contribution in [-0.4, -0.2) is 41.4 Å². The maximum atomic E-state index is 15.7. The molecule has 164 valence electrons. The van der Waals surface area contributed by atoms with E-state index in [4.69, 9.17) is 9.52 Å². The summed E-state index contributed by atoms with van der Waals surface area (Å²) in [6.45, 7) is 4.44. The van der Waals surface area contributed by atoms with Crippen molar-refractivity contribution >= 4 is 11.4 Å². The number of nitrogens with one attached hydrogen (secondary N) is 1. The zero-order valence-corrected chi connectivity index (χ0v) is 17.6. The van der Waals surface area contributed by atoms with Gasteiger partial charge in [-0.15, -0.1) is 0 Å². The van der Waals surface area contributed by atoms with Crippen LogP contribution >= 0.6 is 0 Å². The van der Waals surface area contributed by atoms with E-state index in [2.05, 4.69) is 15.0 Å². The summed E-state index contributed by atoms with van der Waals surface area (Å²) in [6.07, 6.45) is 0.125. The van der Waals surface area contributed by atoms with Crippen LogP contribution in [-0.2, 0) is 12.1 Å². The zero-order valence-electron chi connectivity index (χ0n) is 17.6. The highest BCUT2D eigenvalue weighted by molar-refractivity contribution is 5.95. The van der Waals surface area contributed by atoms with E-state index in [9.17, 15) is 9.18 Å². The molecule has 0 aromatic carbocycles. The van der Waals surface area contributed by atoms with Gasteiger partial charge in [0, 0.05) is 17.8 Å². The highest BCUT2D eigenvalue weighted by Gasteiger charge is 2.52. The molecule has 3 atom stereocenters. The van der Waals surface area contributed by atoms with Gasteiger partial charge in [-0.05, 0) is 39.0 Å². The van der Waals surface area contributed by atoms with Crippen LogP contribution in [0.25, 0.3) is 5.52 Å². The Labute approximate surface area is 181 Å². The van der Waals surface area contributed by atoms with Crippen molar-refractivity contribution in [2.75, 3.05) is 0 Å². The van der Waals surface area contributed by atoms with Gasteiger partial charge in [-0.2, -0.15) is 5.10 Å². The molecule has 32 heavy (non-hydrogen) atoms. The van der Waals surface area contributed by atoms with Gasteiger partial charge in [0.15, 0.2) is 11.8 Å². The van der Waals surface area contributed by atoms with Crippen molar-refractivity contribution in [2.24, 2.45) is 0 Å². The van der Waals surface area contributed by atoms with E-state index in [0.29, 0.717) is 11.4 Å². The first kappa shape index (κ1) is 19.1. The molecule has 6 heterocycles. The molecular weight excluding hydrogens is 418 g/mol. The number of pyridine rings is 1. The summed E-state index contributed by atoms with van der Waals surface area (Å²) in [4.78, 5) is 26.5. The van der Waals surface area contributed by atoms with Crippen molar-refractivity contribution in [1.29, 1.82) is 0 Å². The fourth-order valence-corrected chi connectivity index (χ4v) is 4.69. The predicted molar refractivity (Wildman–Crippen MR) is 109 cm³/mol. The highest BCUT2D eigenvalue weighted by atomic mass is 19.1. The smallest absolute Gasteiger partial charge is 0.292 e. The monoisotopic (exact) mass is 438 g/mol. The normalized spacial score (nSPS) is 22.7. The molecule has 0 saturated heterocycles. The molecule has 1 N–H and O–H groups in total. The van der Waals surface area contributed by atoms with Crippen LogP contribution in [0.2, 0.25) is 0 Å². The van der Waals surface area contributed by atoms with Crippen molar-refractivity contribution < 1.29 is 18.0 Å². The Balaban J connectivity index is 1.54. The Morgan fingerprint density at radius 2 is 2.09 bits per heavy atom. The number of hydrogen-bond acceptors (Lipinski definition) is 5. The van der Waals surface area contributed by atoms with Gasteiger partial charge in [-0.1, -0.05) is 6.07 Å². The van der Waals surface area contributed by atoms with Crippen LogP contribution in [0.1, 0.15) is 71.0 Å². The Bertz CT molecular complexity index is 1380. The number of amides is 1. The number of nitrogens with zero attached hydrogens (tertiary/aromatic N) is 5. The average Bonchev–Trinajstić information content (AvgIpc) is 3.47. The third-order valence-corrected chi connectivity index (χ3v) is 6.22. The molecule has 6 rings (SSSR count). The summed E-state index contributed by atoms with van der Waals surface area (Å²) < 4.78 is 37.4. The number of rotatable bonds is 2.